The highest BCUT2D eigenvalue weighted by Crippen LogP contribution is 2.37. The van der Waals surface area contributed by atoms with Gasteiger partial charge in [0, 0.05) is 5.56 Å². The molecule has 0 aliphatic carbocycles. The van der Waals surface area contributed by atoms with E-state index in [0.717, 1.165) is 3.57 Å². The Kier molecular flexibility index (Phi) is 5.36. The minimum Gasteiger partial charge on any atom is -0.490 e. The van der Waals surface area contributed by atoms with E-state index in [1.165, 1.54) is 0 Å². The normalized spacial score (nSPS) is 10.3. The Morgan fingerprint density at radius 2 is 2.23 bits per heavy atom. The van der Waals surface area contributed by atoms with Crippen LogP contribution in [-0.4, -0.2) is 34.5 Å². The lowest BCUT2D eigenvalue weighted by Gasteiger charge is -2.14. The molecule has 0 bridgehead atoms. The summed E-state index contributed by atoms with van der Waals surface area (Å²) >= 11 is 2.13. The van der Waals surface area contributed by atoms with Gasteiger partial charge in [-0.3, -0.25) is 4.79 Å². The zero-order valence-electron chi connectivity index (χ0n) is 11.9. The number of benzene rings is 1. The lowest BCUT2D eigenvalue weighted by Crippen LogP contribution is -2.13. The average Bonchev–Trinajstić information content (AvgIpc) is 2.96. The van der Waals surface area contributed by atoms with Gasteiger partial charge in [-0.05, 0) is 41.6 Å². The molecule has 1 aromatic heterocycles. The predicted octanol–water partition coefficient (Wildman–Crippen LogP) is 2.14. The van der Waals surface area contributed by atoms with Crippen LogP contribution in [0.2, 0.25) is 0 Å². The van der Waals surface area contributed by atoms with Crippen LogP contribution in [0, 0.1) is 3.57 Å². The lowest BCUT2D eigenvalue weighted by atomic mass is 10.1. The molecule has 1 heterocycles. The van der Waals surface area contributed by atoms with Crippen LogP contribution < -0.4 is 15.2 Å². The number of carbonyl (C=O) groups is 1. The zero-order valence-corrected chi connectivity index (χ0v) is 14.1. The maximum absolute atomic E-state index is 11.4. The van der Waals surface area contributed by atoms with Gasteiger partial charge in [-0.25, -0.2) is 0 Å². The van der Waals surface area contributed by atoms with E-state index in [1.807, 2.05) is 13.0 Å². The lowest BCUT2D eigenvalue weighted by molar-refractivity contribution is 0.0996. The summed E-state index contributed by atoms with van der Waals surface area (Å²) in [5, 5.41) is 10.2. The van der Waals surface area contributed by atoms with Crippen molar-refractivity contribution in [1.82, 2.24) is 15.4 Å². The van der Waals surface area contributed by atoms with E-state index in [1.54, 1.807) is 12.1 Å². The highest BCUT2D eigenvalue weighted by molar-refractivity contribution is 14.1. The first-order valence-electron chi connectivity index (χ1n) is 6.49. The molecule has 3 N–H and O–H groups in total. The molecule has 0 fully saturated rings. The van der Waals surface area contributed by atoms with Gasteiger partial charge in [-0.1, -0.05) is 12.7 Å². The van der Waals surface area contributed by atoms with Gasteiger partial charge in [-0.15, -0.1) is 0 Å². The Morgan fingerprint density at radius 3 is 2.86 bits per heavy atom. The van der Waals surface area contributed by atoms with E-state index in [2.05, 4.69) is 44.6 Å². The first kappa shape index (κ1) is 16.3. The highest BCUT2D eigenvalue weighted by Gasteiger charge is 2.19. The van der Waals surface area contributed by atoms with E-state index in [4.69, 9.17) is 15.2 Å². The number of amides is 1. The number of halogens is 1. The molecule has 0 aliphatic heterocycles. The first-order chi connectivity index (χ1) is 10.6. The van der Waals surface area contributed by atoms with Crippen molar-refractivity contribution in [3.8, 4) is 22.8 Å². The average molecular weight is 414 g/mol. The minimum absolute atomic E-state index is 0.0815. The summed E-state index contributed by atoms with van der Waals surface area (Å²) in [6.45, 7) is 6.35. The van der Waals surface area contributed by atoms with Crippen molar-refractivity contribution in [2.24, 2.45) is 5.73 Å². The van der Waals surface area contributed by atoms with Crippen molar-refractivity contribution in [1.29, 1.82) is 0 Å². The van der Waals surface area contributed by atoms with Crippen LogP contribution in [0.15, 0.2) is 24.8 Å². The second kappa shape index (κ2) is 7.25. The fourth-order valence-electron chi connectivity index (χ4n) is 1.85. The largest absolute Gasteiger partial charge is 0.490 e. The Balaban J connectivity index is 2.51. The molecular weight excluding hydrogens is 399 g/mol. The van der Waals surface area contributed by atoms with Crippen LogP contribution >= 0.6 is 22.6 Å². The molecule has 1 amide bonds. The summed E-state index contributed by atoms with van der Waals surface area (Å²) in [6.07, 6.45) is 1.66. The van der Waals surface area contributed by atoms with Gasteiger partial charge in [0.2, 0.25) is 0 Å². The van der Waals surface area contributed by atoms with E-state index >= 15 is 0 Å². The third-order valence-corrected chi connectivity index (χ3v) is 3.51. The number of nitrogens with one attached hydrogen (secondary N) is 1. The number of aromatic amines is 1. The van der Waals surface area contributed by atoms with E-state index < -0.39 is 5.91 Å². The topological polar surface area (TPSA) is 103 Å². The number of hydrogen-bond acceptors (Lipinski definition) is 5. The maximum Gasteiger partial charge on any atom is 0.271 e. The van der Waals surface area contributed by atoms with Crippen LogP contribution in [0.4, 0.5) is 0 Å². The molecule has 2 rings (SSSR count). The summed E-state index contributed by atoms with van der Waals surface area (Å²) in [5.41, 5.74) is 6.42. The Morgan fingerprint density at radius 1 is 1.45 bits per heavy atom. The molecule has 0 unspecified atom stereocenters. The van der Waals surface area contributed by atoms with Gasteiger partial charge in [0.15, 0.2) is 17.2 Å². The fraction of sp³-hybridized carbons (Fsp3) is 0.214. The molecule has 0 aliphatic rings. The third kappa shape index (κ3) is 3.38. The number of H-pyrrole nitrogens is 1. The summed E-state index contributed by atoms with van der Waals surface area (Å²) in [7, 11) is 0. The Labute approximate surface area is 141 Å². The highest BCUT2D eigenvalue weighted by atomic mass is 127. The predicted molar refractivity (Wildman–Crippen MR) is 89.9 cm³/mol. The fourth-order valence-corrected chi connectivity index (χ4v) is 2.61. The number of ether oxygens (including phenoxy) is 2. The molecular formula is C14H15IN4O3. The summed E-state index contributed by atoms with van der Waals surface area (Å²) in [4.78, 5) is 11.4. The van der Waals surface area contributed by atoms with Crippen molar-refractivity contribution in [2.75, 3.05) is 13.2 Å². The zero-order chi connectivity index (χ0) is 16.1. The Hall–Kier alpha value is -2.10. The number of primary amides is 1. The number of rotatable bonds is 7. The minimum atomic E-state index is -0.649. The van der Waals surface area contributed by atoms with E-state index in [0.29, 0.717) is 36.0 Å². The molecule has 0 saturated carbocycles. The molecule has 8 heteroatoms. The Bertz CT molecular complexity index is 699. The van der Waals surface area contributed by atoms with Crippen LogP contribution in [0.1, 0.15) is 17.4 Å². The first-order valence-corrected chi connectivity index (χ1v) is 7.57. The molecule has 0 radical (unpaired) electrons. The van der Waals surface area contributed by atoms with Gasteiger partial charge >= 0.3 is 0 Å². The van der Waals surface area contributed by atoms with Crippen molar-refractivity contribution >= 4 is 28.5 Å². The van der Waals surface area contributed by atoms with Crippen molar-refractivity contribution in [2.45, 2.75) is 6.92 Å². The molecule has 0 spiro atoms. The number of nitrogens with zero attached hydrogens (tertiary/aromatic N) is 2. The smallest absolute Gasteiger partial charge is 0.271 e. The quantitative estimate of drug-likeness (QED) is 0.534. The van der Waals surface area contributed by atoms with E-state index in [9.17, 15) is 4.79 Å². The molecule has 1 aromatic carbocycles. The van der Waals surface area contributed by atoms with Gasteiger partial charge in [0.1, 0.15) is 12.3 Å². The number of hydrogen-bond donors (Lipinski definition) is 2. The molecule has 2 aromatic rings. The second-order valence-corrected chi connectivity index (χ2v) is 5.37. The van der Waals surface area contributed by atoms with E-state index in [-0.39, 0.29) is 5.69 Å². The molecule has 0 saturated heterocycles. The van der Waals surface area contributed by atoms with Crippen molar-refractivity contribution < 1.29 is 14.3 Å². The summed E-state index contributed by atoms with van der Waals surface area (Å²) in [5.74, 6) is 0.531. The number of nitrogens with two attached hydrogens (primary N) is 1. The number of aromatic nitrogens is 3. The van der Waals surface area contributed by atoms with Crippen molar-refractivity contribution in [3.63, 3.8) is 0 Å². The van der Waals surface area contributed by atoms with Gasteiger partial charge in [-0.2, -0.15) is 15.4 Å². The third-order valence-electron chi connectivity index (χ3n) is 2.71. The molecule has 7 nitrogen and oxygen atoms in total. The van der Waals surface area contributed by atoms with Gasteiger partial charge in [0.25, 0.3) is 5.91 Å². The number of carbonyl (C=O) groups excluding carboxylic acids is 1. The molecule has 116 valence electrons. The van der Waals surface area contributed by atoms with Crippen LogP contribution in [0.25, 0.3) is 11.3 Å². The van der Waals surface area contributed by atoms with Gasteiger partial charge in [0.05, 0.1) is 10.2 Å². The maximum atomic E-state index is 11.4. The summed E-state index contributed by atoms with van der Waals surface area (Å²) in [6, 6.07) is 3.57. The van der Waals surface area contributed by atoms with Crippen molar-refractivity contribution in [3.05, 3.63) is 34.1 Å². The molecule has 22 heavy (non-hydrogen) atoms. The standard InChI is InChI=1S/C14H15IN4O3/c1-3-5-22-13-9(15)6-8(7-10(13)21-4-2)11-12(14(16)20)18-19-17-11/h3,6-7H,1,4-5H2,2H3,(H2,16,20)(H,17,18,19). The van der Waals surface area contributed by atoms with Gasteiger partial charge < -0.3 is 15.2 Å². The summed E-state index contributed by atoms with van der Waals surface area (Å²) < 4.78 is 12.1. The van der Waals surface area contributed by atoms with Crippen LogP contribution in [0.3, 0.4) is 0 Å². The SMILES string of the molecule is C=CCOc1c(I)cc(-c2n[nH]nc2C(N)=O)cc1OCC. The van der Waals surface area contributed by atoms with Crippen LogP contribution in [-0.2, 0) is 0 Å². The molecule has 0 atom stereocenters. The monoisotopic (exact) mass is 414 g/mol. The second-order valence-electron chi connectivity index (χ2n) is 4.20. The van der Waals surface area contributed by atoms with Crippen LogP contribution in [0.5, 0.6) is 11.5 Å².